The lowest BCUT2D eigenvalue weighted by Gasteiger charge is -2.31. The number of carbonyl (C=O) groups excluding carboxylic acids is 1. The number of hydrogen-bond donors (Lipinski definition) is 2. The number of H-pyrrole nitrogens is 1. The maximum Gasteiger partial charge on any atom is 0.449 e. The van der Waals surface area contributed by atoms with E-state index in [1.54, 1.807) is 6.07 Å². The molecular formula is C18H23F3N4O. The van der Waals surface area contributed by atoms with E-state index in [2.05, 4.69) is 34.0 Å². The predicted molar refractivity (Wildman–Crippen MR) is 93.8 cm³/mol. The van der Waals surface area contributed by atoms with E-state index in [1.165, 1.54) is 25.0 Å². The van der Waals surface area contributed by atoms with E-state index in [1.807, 2.05) is 0 Å². The fraction of sp³-hybridized carbons (Fsp3) is 0.556. The summed E-state index contributed by atoms with van der Waals surface area (Å²) in [6, 6.07) is 5.19. The van der Waals surface area contributed by atoms with Gasteiger partial charge in [-0.05, 0) is 44.9 Å². The van der Waals surface area contributed by atoms with Crippen LogP contribution in [0.3, 0.4) is 0 Å². The standard InChI is InChI=1S/C18H23F3N4O/c1-11(2)25(13-5-3-4-6-13)10-16(26)22-12-7-8-14-15(9-12)24-17(23-14)18(19,20)21/h7-9,11,13H,3-6,10H2,1-2H3,(H,22,26)(H,23,24). The molecule has 1 aliphatic rings. The number of benzene rings is 1. The molecule has 0 bridgehead atoms. The summed E-state index contributed by atoms with van der Waals surface area (Å²) in [4.78, 5) is 20.4. The van der Waals surface area contributed by atoms with Gasteiger partial charge in [0.1, 0.15) is 0 Å². The van der Waals surface area contributed by atoms with Gasteiger partial charge in [-0.25, -0.2) is 4.98 Å². The van der Waals surface area contributed by atoms with E-state index in [0.717, 1.165) is 12.8 Å². The molecule has 0 spiro atoms. The SMILES string of the molecule is CC(C)N(CC(=O)Nc1ccc2nc(C(F)(F)F)[nH]c2c1)C1CCCC1. The van der Waals surface area contributed by atoms with Gasteiger partial charge in [0.2, 0.25) is 11.7 Å². The van der Waals surface area contributed by atoms with Crippen LogP contribution in [0.25, 0.3) is 11.0 Å². The highest BCUT2D eigenvalue weighted by molar-refractivity contribution is 5.94. The molecule has 26 heavy (non-hydrogen) atoms. The van der Waals surface area contributed by atoms with Gasteiger partial charge in [0, 0.05) is 17.8 Å². The lowest BCUT2D eigenvalue weighted by Crippen LogP contribution is -2.43. The van der Waals surface area contributed by atoms with Crippen LogP contribution < -0.4 is 5.32 Å². The van der Waals surface area contributed by atoms with Crippen LogP contribution in [0.2, 0.25) is 0 Å². The first-order chi connectivity index (χ1) is 12.2. The van der Waals surface area contributed by atoms with Gasteiger partial charge in [-0.3, -0.25) is 9.69 Å². The predicted octanol–water partition coefficient (Wildman–Crippen LogP) is 4.17. The molecule has 0 aliphatic heterocycles. The normalized spacial score (nSPS) is 16.1. The summed E-state index contributed by atoms with van der Waals surface area (Å²) in [6.45, 7) is 4.42. The van der Waals surface area contributed by atoms with Gasteiger partial charge in [0.05, 0.1) is 17.6 Å². The first kappa shape index (κ1) is 18.7. The summed E-state index contributed by atoms with van der Waals surface area (Å²) >= 11 is 0. The molecule has 8 heteroatoms. The zero-order valence-electron chi connectivity index (χ0n) is 14.9. The van der Waals surface area contributed by atoms with Crippen molar-refractivity contribution < 1.29 is 18.0 Å². The Kier molecular flexibility index (Phi) is 5.22. The quantitative estimate of drug-likeness (QED) is 0.833. The van der Waals surface area contributed by atoms with Crippen LogP contribution >= 0.6 is 0 Å². The third-order valence-corrected chi connectivity index (χ3v) is 4.82. The number of anilines is 1. The number of aromatic nitrogens is 2. The van der Waals surface area contributed by atoms with Crippen molar-refractivity contribution in [1.29, 1.82) is 0 Å². The van der Waals surface area contributed by atoms with E-state index in [-0.39, 0.29) is 29.5 Å². The van der Waals surface area contributed by atoms with Crippen molar-refractivity contribution >= 4 is 22.6 Å². The molecule has 2 N–H and O–H groups in total. The van der Waals surface area contributed by atoms with Crippen molar-refractivity contribution in [3.8, 4) is 0 Å². The lowest BCUT2D eigenvalue weighted by atomic mass is 10.1. The minimum atomic E-state index is -4.53. The van der Waals surface area contributed by atoms with Crippen molar-refractivity contribution in [2.45, 2.75) is 57.8 Å². The fourth-order valence-corrected chi connectivity index (χ4v) is 3.56. The van der Waals surface area contributed by atoms with Crippen molar-refractivity contribution in [3.05, 3.63) is 24.0 Å². The number of carbonyl (C=O) groups is 1. The highest BCUT2D eigenvalue weighted by Crippen LogP contribution is 2.29. The first-order valence-corrected chi connectivity index (χ1v) is 8.86. The molecular weight excluding hydrogens is 345 g/mol. The second-order valence-corrected chi connectivity index (χ2v) is 7.07. The molecule has 2 aromatic rings. The largest absolute Gasteiger partial charge is 0.449 e. The van der Waals surface area contributed by atoms with E-state index < -0.39 is 12.0 Å². The number of aromatic amines is 1. The average Bonchev–Trinajstić information content (AvgIpc) is 3.20. The van der Waals surface area contributed by atoms with E-state index in [4.69, 9.17) is 0 Å². The molecule has 0 unspecified atom stereocenters. The Balaban J connectivity index is 1.70. The van der Waals surface area contributed by atoms with Crippen LogP contribution in [0.1, 0.15) is 45.4 Å². The first-order valence-electron chi connectivity index (χ1n) is 8.86. The minimum absolute atomic E-state index is 0.166. The fourth-order valence-electron chi connectivity index (χ4n) is 3.56. The third kappa shape index (κ3) is 4.17. The Morgan fingerprint density at radius 2 is 2.04 bits per heavy atom. The molecule has 1 saturated carbocycles. The van der Waals surface area contributed by atoms with Crippen molar-refractivity contribution in [3.63, 3.8) is 0 Å². The number of hydrogen-bond acceptors (Lipinski definition) is 3. The smallest absolute Gasteiger partial charge is 0.334 e. The average molecular weight is 368 g/mol. The van der Waals surface area contributed by atoms with Gasteiger partial charge in [-0.1, -0.05) is 12.8 Å². The Morgan fingerprint density at radius 1 is 1.35 bits per heavy atom. The van der Waals surface area contributed by atoms with Crippen molar-refractivity contribution in [2.24, 2.45) is 0 Å². The Bertz CT molecular complexity index is 778. The number of amides is 1. The summed E-state index contributed by atoms with van der Waals surface area (Å²) < 4.78 is 38.2. The van der Waals surface area contributed by atoms with Crippen molar-refractivity contribution in [1.82, 2.24) is 14.9 Å². The maximum absolute atomic E-state index is 12.7. The van der Waals surface area contributed by atoms with Gasteiger partial charge in [0.25, 0.3) is 0 Å². The summed E-state index contributed by atoms with van der Waals surface area (Å²) in [7, 11) is 0. The summed E-state index contributed by atoms with van der Waals surface area (Å²) in [5.41, 5.74) is 0.909. The molecule has 3 rings (SSSR count). The zero-order valence-corrected chi connectivity index (χ0v) is 14.9. The van der Waals surface area contributed by atoms with Gasteiger partial charge < -0.3 is 10.3 Å². The van der Waals surface area contributed by atoms with Crippen LogP contribution in [0, 0.1) is 0 Å². The molecule has 5 nitrogen and oxygen atoms in total. The van der Waals surface area contributed by atoms with Crippen molar-refractivity contribution in [2.75, 3.05) is 11.9 Å². The summed E-state index contributed by atoms with van der Waals surface area (Å²) in [6.07, 6.45) is 0.0557. The molecule has 0 radical (unpaired) electrons. The number of alkyl halides is 3. The van der Waals surface area contributed by atoms with E-state index in [9.17, 15) is 18.0 Å². The molecule has 1 fully saturated rings. The van der Waals surface area contributed by atoms with Gasteiger partial charge in [-0.15, -0.1) is 0 Å². The summed E-state index contributed by atoms with van der Waals surface area (Å²) in [5, 5.41) is 2.78. The molecule has 0 atom stereocenters. The maximum atomic E-state index is 12.7. The van der Waals surface area contributed by atoms with Gasteiger partial charge in [-0.2, -0.15) is 13.2 Å². The number of rotatable bonds is 5. The van der Waals surface area contributed by atoms with Gasteiger partial charge >= 0.3 is 6.18 Å². The number of imidazole rings is 1. The molecule has 1 aliphatic carbocycles. The lowest BCUT2D eigenvalue weighted by molar-refractivity contribution is -0.144. The second kappa shape index (κ2) is 7.26. The molecule has 1 heterocycles. The minimum Gasteiger partial charge on any atom is -0.334 e. The number of fused-ring (bicyclic) bond motifs is 1. The van der Waals surface area contributed by atoms with Crippen LogP contribution in [0.15, 0.2) is 18.2 Å². The van der Waals surface area contributed by atoms with Crippen LogP contribution in [-0.4, -0.2) is 39.4 Å². The number of halogens is 3. The second-order valence-electron chi connectivity index (χ2n) is 7.07. The van der Waals surface area contributed by atoms with Crippen LogP contribution in [0.5, 0.6) is 0 Å². The van der Waals surface area contributed by atoms with Gasteiger partial charge in [0.15, 0.2) is 0 Å². The highest BCUT2D eigenvalue weighted by Gasteiger charge is 2.34. The van der Waals surface area contributed by atoms with Crippen LogP contribution in [-0.2, 0) is 11.0 Å². The summed E-state index contributed by atoms with van der Waals surface area (Å²) in [5.74, 6) is -1.20. The topological polar surface area (TPSA) is 61.0 Å². The number of nitrogens with one attached hydrogen (secondary N) is 2. The van der Waals surface area contributed by atoms with E-state index >= 15 is 0 Å². The molecule has 1 aromatic heterocycles. The monoisotopic (exact) mass is 368 g/mol. The Morgan fingerprint density at radius 3 is 2.65 bits per heavy atom. The molecule has 1 amide bonds. The molecule has 142 valence electrons. The number of nitrogens with zero attached hydrogens (tertiary/aromatic N) is 2. The highest BCUT2D eigenvalue weighted by atomic mass is 19.4. The zero-order chi connectivity index (χ0) is 18.9. The Hall–Kier alpha value is -2.09. The molecule has 0 saturated heterocycles. The Labute approximate surface area is 150 Å². The van der Waals surface area contributed by atoms with E-state index in [0.29, 0.717) is 11.7 Å². The third-order valence-electron chi connectivity index (χ3n) is 4.82. The van der Waals surface area contributed by atoms with Crippen LogP contribution in [0.4, 0.5) is 18.9 Å². The molecule has 1 aromatic carbocycles.